The first kappa shape index (κ1) is 23.3. The Labute approximate surface area is 188 Å². The number of aliphatic carboxylic acids is 1. The van der Waals surface area contributed by atoms with Crippen LogP contribution in [0.15, 0.2) is 48.5 Å². The maximum absolute atomic E-state index is 12.2. The topological polar surface area (TPSA) is 105 Å². The molecule has 2 aromatic carbocycles. The van der Waals surface area contributed by atoms with Gasteiger partial charge in [-0.25, -0.2) is 9.59 Å². The van der Waals surface area contributed by atoms with Crippen molar-refractivity contribution in [3.05, 3.63) is 59.7 Å². The van der Waals surface area contributed by atoms with Crippen molar-refractivity contribution in [2.24, 2.45) is 5.92 Å². The number of nitrogens with one attached hydrogen (secondary N) is 2. The number of ether oxygens (including phenoxy) is 1. The average molecular weight is 439 g/mol. The minimum absolute atomic E-state index is 0.00876. The number of hydrogen-bond acceptors (Lipinski definition) is 4. The van der Waals surface area contributed by atoms with Gasteiger partial charge in [-0.1, -0.05) is 55.5 Å². The Hall–Kier alpha value is -3.35. The third kappa shape index (κ3) is 5.28. The number of benzene rings is 2. The summed E-state index contributed by atoms with van der Waals surface area (Å²) in [6, 6.07) is 16.3. The quantitative estimate of drug-likeness (QED) is 0.515. The lowest BCUT2D eigenvalue weighted by Crippen LogP contribution is -2.51. The zero-order chi connectivity index (χ0) is 23.3. The lowest BCUT2D eigenvalue weighted by atomic mass is 9.98. The van der Waals surface area contributed by atoms with Crippen LogP contribution < -0.4 is 10.6 Å². The highest BCUT2D eigenvalue weighted by Gasteiger charge is 2.31. The van der Waals surface area contributed by atoms with Crippen LogP contribution >= 0.6 is 0 Å². The monoisotopic (exact) mass is 438 g/mol. The standard InChI is InChI=1S/C25H30N2O5/c1-16(22(28)27-25(2,3)23(29)30)9-8-14-26-24(31)32-15-21-19-12-6-4-10-17(19)18-11-5-7-13-20(18)21/h4-7,10-13,16,21H,8-9,14-15H2,1-3H3,(H,26,31)(H,27,28)(H,29,30). The van der Waals surface area contributed by atoms with Gasteiger partial charge in [-0.2, -0.15) is 0 Å². The molecule has 0 fully saturated rings. The molecule has 0 spiro atoms. The van der Waals surface area contributed by atoms with E-state index >= 15 is 0 Å². The Morgan fingerprint density at radius 1 is 1.03 bits per heavy atom. The molecule has 0 heterocycles. The van der Waals surface area contributed by atoms with E-state index in [1.165, 1.54) is 25.0 Å². The minimum Gasteiger partial charge on any atom is -0.480 e. The molecular weight excluding hydrogens is 408 g/mol. The van der Waals surface area contributed by atoms with Crippen LogP contribution in [-0.2, 0) is 14.3 Å². The van der Waals surface area contributed by atoms with Gasteiger partial charge < -0.3 is 20.5 Å². The Balaban J connectivity index is 1.43. The van der Waals surface area contributed by atoms with Gasteiger partial charge in [-0.3, -0.25) is 4.79 Å². The van der Waals surface area contributed by atoms with Gasteiger partial charge in [0, 0.05) is 18.4 Å². The molecular formula is C25H30N2O5. The second-order valence-electron chi connectivity index (χ2n) is 8.72. The lowest BCUT2D eigenvalue weighted by molar-refractivity contribution is -0.146. The molecule has 0 saturated heterocycles. The number of amides is 2. The Morgan fingerprint density at radius 3 is 2.16 bits per heavy atom. The van der Waals surface area contributed by atoms with E-state index in [2.05, 4.69) is 34.9 Å². The van der Waals surface area contributed by atoms with Gasteiger partial charge in [0.05, 0.1) is 0 Å². The molecule has 0 aromatic heterocycles. The lowest BCUT2D eigenvalue weighted by Gasteiger charge is -2.23. The molecule has 0 saturated carbocycles. The largest absolute Gasteiger partial charge is 0.480 e. The third-order valence-corrected chi connectivity index (χ3v) is 5.84. The SMILES string of the molecule is CC(CCCNC(=O)OCC1c2ccccc2-c2ccccc21)C(=O)NC(C)(C)C(=O)O. The fraction of sp³-hybridized carbons (Fsp3) is 0.400. The van der Waals surface area contributed by atoms with Crippen LogP contribution in [0.1, 0.15) is 50.7 Å². The second-order valence-corrected chi connectivity index (χ2v) is 8.72. The number of carbonyl (C=O) groups is 3. The molecule has 170 valence electrons. The van der Waals surface area contributed by atoms with Crippen molar-refractivity contribution in [2.45, 2.75) is 45.1 Å². The maximum Gasteiger partial charge on any atom is 0.407 e. The number of carboxylic acids is 1. The zero-order valence-corrected chi connectivity index (χ0v) is 18.7. The van der Waals surface area contributed by atoms with Gasteiger partial charge in [0.25, 0.3) is 0 Å². The first-order valence-electron chi connectivity index (χ1n) is 10.8. The average Bonchev–Trinajstić information content (AvgIpc) is 3.08. The van der Waals surface area contributed by atoms with Crippen molar-refractivity contribution < 1.29 is 24.2 Å². The Kier molecular flexibility index (Phi) is 7.18. The summed E-state index contributed by atoms with van der Waals surface area (Å²) in [4.78, 5) is 35.5. The molecule has 1 aliphatic carbocycles. The van der Waals surface area contributed by atoms with Crippen molar-refractivity contribution in [3.8, 4) is 11.1 Å². The van der Waals surface area contributed by atoms with E-state index in [4.69, 9.17) is 9.84 Å². The van der Waals surface area contributed by atoms with Crippen molar-refractivity contribution in [2.75, 3.05) is 13.2 Å². The highest BCUT2D eigenvalue weighted by Crippen LogP contribution is 2.44. The highest BCUT2D eigenvalue weighted by atomic mass is 16.5. The van der Waals surface area contributed by atoms with Crippen LogP contribution in [0, 0.1) is 5.92 Å². The van der Waals surface area contributed by atoms with Crippen LogP contribution in [0.2, 0.25) is 0 Å². The van der Waals surface area contributed by atoms with Crippen LogP contribution in [0.3, 0.4) is 0 Å². The minimum atomic E-state index is -1.31. The Bertz CT molecular complexity index is 956. The molecule has 7 heteroatoms. The predicted octanol–water partition coefficient (Wildman–Crippen LogP) is 3.92. The molecule has 1 atom stereocenters. The summed E-state index contributed by atoms with van der Waals surface area (Å²) in [5, 5.41) is 14.4. The van der Waals surface area contributed by atoms with Crippen molar-refractivity contribution >= 4 is 18.0 Å². The number of carboxylic acid groups (broad SMARTS) is 1. The van der Waals surface area contributed by atoms with Crippen molar-refractivity contribution in [1.29, 1.82) is 0 Å². The number of rotatable bonds is 9. The molecule has 32 heavy (non-hydrogen) atoms. The van der Waals surface area contributed by atoms with Gasteiger partial charge in [0.15, 0.2) is 0 Å². The van der Waals surface area contributed by atoms with Crippen LogP contribution in [0.25, 0.3) is 11.1 Å². The summed E-state index contributed by atoms with van der Waals surface area (Å²) < 4.78 is 5.49. The number of fused-ring (bicyclic) bond motifs is 3. The van der Waals surface area contributed by atoms with Crippen molar-refractivity contribution in [1.82, 2.24) is 10.6 Å². The van der Waals surface area contributed by atoms with E-state index < -0.39 is 17.6 Å². The molecule has 0 aliphatic heterocycles. The summed E-state index contributed by atoms with van der Waals surface area (Å²) in [5.41, 5.74) is 3.35. The first-order valence-corrected chi connectivity index (χ1v) is 10.8. The summed E-state index contributed by atoms with van der Waals surface area (Å²) in [7, 11) is 0. The third-order valence-electron chi connectivity index (χ3n) is 5.84. The number of alkyl carbamates (subject to hydrolysis) is 1. The molecule has 3 rings (SSSR count). The molecule has 0 bridgehead atoms. The highest BCUT2D eigenvalue weighted by molar-refractivity contribution is 5.87. The van der Waals surface area contributed by atoms with Gasteiger partial charge >= 0.3 is 12.1 Å². The van der Waals surface area contributed by atoms with Gasteiger partial charge in [-0.15, -0.1) is 0 Å². The molecule has 3 N–H and O–H groups in total. The fourth-order valence-corrected chi connectivity index (χ4v) is 3.86. The number of carbonyl (C=O) groups excluding carboxylic acids is 2. The number of hydrogen-bond donors (Lipinski definition) is 3. The molecule has 1 aliphatic rings. The fourth-order valence-electron chi connectivity index (χ4n) is 3.86. The predicted molar refractivity (Wildman–Crippen MR) is 121 cm³/mol. The summed E-state index contributed by atoms with van der Waals surface area (Å²) >= 11 is 0. The van der Waals surface area contributed by atoms with Gasteiger partial charge in [-0.05, 0) is 48.9 Å². The van der Waals surface area contributed by atoms with E-state index in [1.54, 1.807) is 6.92 Å². The summed E-state index contributed by atoms with van der Waals surface area (Å²) in [5.74, 6) is -1.76. The molecule has 0 radical (unpaired) electrons. The van der Waals surface area contributed by atoms with Crippen LogP contribution in [0.5, 0.6) is 0 Å². The molecule has 7 nitrogen and oxygen atoms in total. The van der Waals surface area contributed by atoms with E-state index in [0.29, 0.717) is 19.4 Å². The van der Waals surface area contributed by atoms with Gasteiger partial charge in [0.2, 0.25) is 5.91 Å². The summed E-state index contributed by atoms with van der Waals surface area (Å²) in [6.07, 6.45) is 0.605. The Morgan fingerprint density at radius 2 is 1.59 bits per heavy atom. The van der Waals surface area contributed by atoms with Crippen molar-refractivity contribution in [3.63, 3.8) is 0 Å². The van der Waals surface area contributed by atoms with E-state index in [0.717, 1.165) is 11.1 Å². The zero-order valence-electron chi connectivity index (χ0n) is 18.7. The van der Waals surface area contributed by atoms with Gasteiger partial charge in [0.1, 0.15) is 12.1 Å². The molecule has 2 aromatic rings. The van der Waals surface area contributed by atoms with E-state index in [1.807, 2.05) is 24.3 Å². The normalized spacial score (nSPS) is 13.6. The molecule has 2 amide bonds. The van der Waals surface area contributed by atoms with Crippen LogP contribution in [-0.4, -0.2) is 41.8 Å². The second kappa shape index (κ2) is 9.85. The summed E-state index contributed by atoms with van der Waals surface area (Å²) in [6.45, 7) is 5.25. The smallest absolute Gasteiger partial charge is 0.407 e. The van der Waals surface area contributed by atoms with E-state index in [9.17, 15) is 14.4 Å². The first-order chi connectivity index (χ1) is 15.2. The van der Waals surface area contributed by atoms with Crippen LogP contribution in [0.4, 0.5) is 4.79 Å². The molecule has 1 unspecified atom stereocenters. The maximum atomic E-state index is 12.2. The van der Waals surface area contributed by atoms with E-state index in [-0.39, 0.29) is 24.3 Å².